The van der Waals surface area contributed by atoms with Gasteiger partial charge in [0, 0.05) is 42.9 Å². The molecule has 1 heterocycles. The van der Waals surface area contributed by atoms with Crippen LogP contribution in [0.2, 0.25) is 0 Å². The van der Waals surface area contributed by atoms with Gasteiger partial charge in [-0.1, -0.05) is 18.2 Å². The van der Waals surface area contributed by atoms with E-state index in [9.17, 15) is 0 Å². The van der Waals surface area contributed by atoms with Crippen molar-refractivity contribution in [2.75, 3.05) is 10.8 Å². The summed E-state index contributed by atoms with van der Waals surface area (Å²) in [6.07, 6.45) is 2.08. The Hall–Kier alpha value is 0.0600. The third-order valence-corrected chi connectivity index (χ3v) is 4.50. The molecule has 0 saturated heterocycles. The molecule has 2 N–H and O–H groups in total. The van der Waals surface area contributed by atoms with Crippen LogP contribution in [0.5, 0.6) is 0 Å². The summed E-state index contributed by atoms with van der Waals surface area (Å²) in [5.41, 5.74) is 8.74. The lowest BCUT2D eigenvalue weighted by molar-refractivity contribution is 0.637. The van der Waals surface area contributed by atoms with Crippen molar-refractivity contribution in [3.8, 4) is 0 Å². The molecule has 1 aromatic carbocycles. The maximum atomic E-state index is 6.03. The predicted molar refractivity (Wildman–Crippen MR) is 71.7 cm³/mol. The first kappa shape index (κ1) is 10.6. The molecule has 1 aliphatic rings. The topological polar surface area (TPSA) is 29.3 Å². The number of halogens is 1. The highest BCUT2D eigenvalue weighted by Gasteiger charge is 2.18. The van der Waals surface area contributed by atoms with Crippen molar-refractivity contribution in [3.63, 3.8) is 0 Å². The van der Waals surface area contributed by atoms with Crippen molar-refractivity contribution in [3.05, 3.63) is 29.8 Å². The van der Waals surface area contributed by atoms with Gasteiger partial charge in [-0.3, -0.25) is 0 Å². The summed E-state index contributed by atoms with van der Waals surface area (Å²) < 4.78 is 2.32. The minimum atomic E-state index is 0.310. The Morgan fingerprint density at radius 2 is 2.21 bits per heavy atom. The first-order chi connectivity index (χ1) is 6.81. The molecule has 2 nitrogen and oxygen atoms in total. The van der Waals surface area contributed by atoms with E-state index in [0.29, 0.717) is 6.04 Å². The number of para-hydroxylation sites is 1. The summed E-state index contributed by atoms with van der Waals surface area (Å²) in [5, 5.41) is 0. The standard InChI is InChI=1S/C10H13IN2S/c11-14-13-6-5-9(12)7-8-3-1-2-4-10(8)13/h1-4,9H,5-7,12H2. The molecular formula is C10H13IN2S. The molecule has 0 amide bonds. The van der Waals surface area contributed by atoms with Gasteiger partial charge in [0.25, 0.3) is 0 Å². The largest absolute Gasteiger partial charge is 0.327 e. The highest BCUT2D eigenvalue weighted by atomic mass is 127. The molecule has 0 saturated carbocycles. The third-order valence-electron chi connectivity index (χ3n) is 2.53. The molecule has 1 unspecified atom stereocenters. The van der Waals surface area contributed by atoms with E-state index in [4.69, 9.17) is 5.73 Å². The summed E-state index contributed by atoms with van der Waals surface area (Å²) in [7, 11) is 1.75. The van der Waals surface area contributed by atoms with Gasteiger partial charge in [0.1, 0.15) is 0 Å². The van der Waals surface area contributed by atoms with Crippen molar-refractivity contribution < 1.29 is 0 Å². The van der Waals surface area contributed by atoms with Crippen LogP contribution in [0.3, 0.4) is 0 Å². The quantitative estimate of drug-likeness (QED) is 0.637. The fraction of sp³-hybridized carbons (Fsp3) is 0.400. The van der Waals surface area contributed by atoms with E-state index in [2.05, 4.69) is 49.8 Å². The second kappa shape index (κ2) is 4.72. The number of hydrogen-bond acceptors (Lipinski definition) is 3. The minimum absolute atomic E-state index is 0.310. The number of rotatable bonds is 1. The van der Waals surface area contributed by atoms with Crippen LogP contribution < -0.4 is 10.0 Å². The van der Waals surface area contributed by atoms with Crippen LogP contribution >= 0.6 is 30.3 Å². The molecule has 0 radical (unpaired) electrons. The molecule has 1 atom stereocenters. The van der Waals surface area contributed by atoms with Gasteiger partial charge in [0.05, 0.1) is 5.69 Å². The lowest BCUT2D eigenvalue weighted by Crippen LogP contribution is -2.24. The Morgan fingerprint density at radius 3 is 3.00 bits per heavy atom. The normalized spacial score (nSPS) is 21.6. The highest BCUT2D eigenvalue weighted by Crippen LogP contribution is 2.33. The number of nitrogens with two attached hydrogens (primary N) is 1. The third kappa shape index (κ3) is 2.17. The van der Waals surface area contributed by atoms with Crippen LogP contribution in [0.1, 0.15) is 12.0 Å². The van der Waals surface area contributed by atoms with Crippen molar-refractivity contribution in [1.82, 2.24) is 0 Å². The van der Waals surface area contributed by atoms with Gasteiger partial charge in [-0.25, -0.2) is 0 Å². The van der Waals surface area contributed by atoms with E-state index in [0.717, 1.165) is 19.4 Å². The van der Waals surface area contributed by atoms with E-state index in [1.165, 1.54) is 11.3 Å². The van der Waals surface area contributed by atoms with Crippen LogP contribution in [-0.4, -0.2) is 12.6 Å². The van der Waals surface area contributed by atoms with E-state index >= 15 is 0 Å². The lowest BCUT2D eigenvalue weighted by atomic mass is 10.1. The van der Waals surface area contributed by atoms with E-state index in [-0.39, 0.29) is 0 Å². The van der Waals surface area contributed by atoms with Gasteiger partial charge in [0.15, 0.2) is 0 Å². The first-order valence-electron chi connectivity index (χ1n) is 4.71. The van der Waals surface area contributed by atoms with Crippen LogP contribution in [0.15, 0.2) is 24.3 Å². The molecule has 14 heavy (non-hydrogen) atoms. The van der Waals surface area contributed by atoms with Crippen molar-refractivity contribution in [2.24, 2.45) is 5.73 Å². The average Bonchev–Trinajstić information content (AvgIpc) is 2.36. The summed E-state index contributed by atoms with van der Waals surface area (Å²) in [6, 6.07) is 8.85. The number of fused-ring (bicyclic) bond motifs is 1. The monoisotopic (exact) mass is 320 g/mol. The Balaban J connectivity index is 2.36. The van der Waals surface area contributed by atoms with Gasteiger partial charge >= 0.3 is 0 Å². The smallest absolute Gasteiger partial charge is 0.0509 e. The summed E-state index contributed by atoms with van der Waals surface area (Å²) >= 11 is 2.33. The molecule has 0 spiro atoms. The van der Waals surface area contributed by atoms with E-state index < -0.39 is 0 Å². The predicted octanol–water partition coefficient (Wildman–Crippen LogP) is 2.76. The van der Waals surface area contributed by atoms with Gasteiger partial charge in [-0.2, -0.15) is 0 Å². The number of nitrogens with zero attached hydrogens (tertiary/aromatic N) is 1. The first-order valence-corrected chi connectivity index (χ1v) is 8.02. The number of hydrogen-bond donors (Lipinski definition) is 1. The number of anilines is 1. The Bertz CT molecular complexity index is 319. The molecule has 0 bridgehead atoms. The summed E-state index contributed by atoms with van der Waals surface area (Å²) in [5.74, 6) is 0. The molecule has 0 aromatic heterocycles. The second-order valence-corrected chi connectivity index (χ2v) is 5.31. The van der Waals surface area contributed by atoms with Gasteiger partial charge in [-0.05, 0) is 24.5 Å². The zero-order valence-corrected chi connectivity index (χ0v) is 10.8. The van der Waals surface area contributed by atoms with Crippen LogP contribution in [0.4, 0.5) is 5.69 Å². The number of benzene rings is 1. The Morgan fingerprint density at radius 1 is 1.43 bits per heavy atom. The maximum absolute atomic E-state index is 6.03. The fourth-order valence-corrected chi connectivity index (χ4v) is 3.44. The molecular weight excluding hydrogens is 307 g/mol. The van der Waals surface area contributed by atoms with Crippen molar-refractivity contribution >= 4 is 36.0 Å². The molecule has 76 valence electrons. The fourth-order valence-electron chi connectivity index (χ4n) is 1.79. The SMILES string of the molecule is NC1CCN(SI)c2ccccc2C1. The van der Waals surface area contributed by atoms with Gasteiger partial charge in [0.2, 0.25) is 0 Å². The van der Waals surface area contributed by atoms with Crippen molar-refractivity contribution in [1.29, 1.82) is 0 Å². The zero-order valence-electron chi connectivity index (χ0n) is 7.82. The van der Waals surface area contributed by atoms with Crippen LogP contribution in [0.25, 0.3) is 0 Å². The molecule has 1 aliphatic heterocycles. The van der Waals surface area contributed by atoms with Crippen molar-refractivity contribution in [2.45, 2.75) is 18.9 Å². The molecule has 0 fully saturated rings. The summed E-state index contributed by atoms with van der Waals surface area (Å²) in [6.45, 7) is 1.05. The van der Waals surface area contributed by atoms with Crippen LogP contribution in [0, 0.1) is 0 Å². The zero-order chi connectivity index (χ0) is 9.97. The minimum Gasteiger partial charge on any atom is -0.327 e. The Kier molecular flexibility index (Phi) is 3.57. The lowest BCUT2D eigenvalue weighted by Gasteiger charge is -2.19. The Labute approximate surface area is 101 Å². The highest BCUT2D eigenvalue weighted by molar-refractivity contribution is 14.2. The second-order valence-electron chi connectivity index (χ2n) is 3.55. The molecule has 2 rings (SSSR count). The molecule has 0 aliphatic carbocycles. The molecule has 1 aromatic rings. The van der Waals surface area contributed by atoms with Gasteiger partial charge in [-0.15, -0.1) is 0 Å². The van der Waals surface area contributed by atoms with Crippen LogP contribution in [-0.2, 0) is 6.42 Å². The maximum Gasteiger partial charge on any atom is 0.0509 e. The van der Waals surface area contributed by atoms with E-state index in [1.54, 1.807) is 9.12 Å². The molecule has 4 heteroatoms. The van der Waals surface area contributed by atoms with Gasteiger partial charge < -0.3 is 10.0 Å². The van der Waals surface area contributed by atoms with E-state index in [1.807, 2.05) is 0 Å². The summed E-state index contributed by atoms with van der Waals surface area (Å²) in [4.78, 5) is 0. The average molecular weight is 320 g/mol.